The van der Waals surface area contributed by atoms with Crippen LogP contribution in [0.5, 0.6) is 0 Å². The first-order valence-corrected chi connectivity index (χ1v) is 7.15. The molecule has 1 fully saturated rings. The van der Waals surface area contributed by atoms with Crippen LogP contribution in [0.15, 0.2) is 18.2 Å². The maximum atomic E-state index is 13.3. The number of hydrogen-bond donors (Lipinski definition) is 2. The first kappa shape index (κ1) is 13.1. The first-order valence-electron chi connectivity index (χ1n) is 5.73. The fraction of sp³-hybridized carbons (Fsp3) is 0.500. The number of rotatable bonds is 4. The second kappa shape index (κ2) is 6.05. The molecule has 2 nitrogen and oxygen atoms in total. The van der Waals surface area contributed by atoms with Gasteiger partial charge in [-0.25, -0.2) is 4.39 Å². The van der Waals surface area contributed by atoms with Crippen molar-refractivity contribution in [1.82, 2.24) is 5.43 Å². The standard InChI is InChI=1S/C12H16ClFN2S/c13-12-8(3-1-4-9(12)14)7-10(16-15)11-5-2-6-17-11/h1,3-4,10-11,16H,2,5-7,15H2. The van der Waals surface area contributed by atoms with Gasteiger partial charge in [-0.05, 0) is 36.6 Å². The number of nitrogens with one attached hydrogen (secondary N) is 1. The molecule has 3 N–H and O–H groups in total. The van der Waals surface area contributed by atoms with Gasteiger partial charge >= 0.3 is 0 Å². The topological polar surface area (TPSA) is 38.0 Å². The van der Waals surface area contributed by atoms with Gasteiger partial charge < -0.3 is 0 Å². The van der Waals surface area contributed by atoms with E-state index < -0.39 is 0 Å². The molecule has 2 unspecified atom stereocenters. The summed E-state index contributed by atoms with van der Waals surface area (Å²) < 4.78 is 13.3. The van der Waals surface area contributed by atoms with Gasteiger partial charge in [0.2, 0.25) is 0 Å². The highest BCUT2D eigenvalue weighted by molar-refractivity contribution is 8.00. The van der Waals surface area contributed by atoms with Crippen molar-refractivity contribution in [2.24, 2.45) is 5.84 Å². The van der Waals surface area contributed by atoms with Crippen molar-refractivity contribution in [2.75, 3.05) is 5.75 Å². The van der Waals surface area contributed by atoms with Crippen LogP contribution in [0.3, 0.4) is 0 Å². The van der Waals surface area contributed by atoms with Crippen molar-refractivity contribution in [3.05, 3.63) is 34.6 Å². The average molecular weight is 275 g/mol. The Morgan fingerprint density at radius 2 is 2.41 bits per heavy atom. The molecule has 94 valence electrons. The third-order valence-electron chi connectivity index (χ3n) is 3.10. The van der Waals surface area contributed by atoms with E-state index in [4.69, 9.17) is 17.4 Å². The Labute approximate surface area is 110 Å². The Morgan fingerprint density at radius 1 is 1.59 bits per heavy atom. The number of nitrogens with two attached hydrogens (primary N) is 1. The van der Waals surface area contributed by atoms with Gasteiger partial charge in [0.1, 0.15) is 5.82 Å². The summed E-state index contributed by atoms with van der Waals surface area (Å²) in [7, 11) is 0. The number of benzene rings is 1. The van der Waals surface area contributed by atoms with E-state index in [-0.39, 0.29) is 16.9 Å². The summed E-state index contributed by atoms with van der Waals surface area (Å²) in [4.78, 5) is 0. The lowest BCUT2D eigenvalue weighted by molar-refractivity contribution is 0.494. The Balaban J connectivity index is 2.09. The highest BCUT2D eigenvalue weighted by atomic mass is 35.5. The summed E-state index contributed by atoms with van der Waals surface area (Å²) in [5, 5.41) is 0.718. The minimum absolute atomic E-state index is 0.154. The van der Waals surface area contributed by atoms with E-state index in [0.29, 0.717) is 11.7 Å². The lowest BCUT2D eigenvalue weighted by Crippen LogP contribution is -2.43. The number of hydrogen-bond acceptors (Lipinski definition) is 3. The van der Waals surface area contributed by atoms with Gasteiger partial charge in [0.15, 0.2) is 0 Å². The zero-order chi connectivity index (χ0) is 12.3. The first-order chi connectivity index (χ1) is 8.22. The van der Waals surface area contributed by atoms with Gasteiger partial charge in [0, 0.05) is 11.3 Å². The Bertz CT molecular complexity index is 383. The normalized spacial score (nSPS) is 21.7. The van der Waals surface area contributed by atoms with Crippen LogP contribution in [0.2, 0.25) is 5.02 Å². The lowest BCUT2D eigenvalue weighted by Gasteiger charge is -2.22. The third kappa shape index (κ3) is 3.13. The van der Waals surface area contributed by atoms with Gasteiger partial charge in [-0.1, -0.05) is 23.7 Å². The predicted octanol–water partition coefficient (Wildman–Crippen LogP) is 2.75. The molecule has 1 aliphatic rings. The lowest BCUT2D eigenvalue weighted by atomic mass is 10.0. The third-order valence-corrected chi connectivity index (χ3v) is 5.04. The summed E-state index contributed by atoms with van der Waals surface area (Å²) in [6.45, 7) is 0. The average Bonchev–Trinajstić information content (AvgIpc) is 2.85. The maximum Gasteiger partial charge on any atom is 0.142 e. The highest BCUT2D eigenvalue weighted by Crippen LogP contribution is 2.31. The van der Waals surface area contributed by atoms with Crippen LogP contribution >= 0.6 is 23.4 Å². The smallest absolute Gasteiger partial charge is 0.142 e. The summed E-state index contributed by atoms with van der Waals surface area (Å²) in [5.74, 6) is 6.41. The Hall–Kier alpha value is -0.290. The van der Waals surface area contributed by atoms with E-state index >= 15 is 0 Å². The van der Waals surface area contributed by atoms with Gasteiger partial charge in [0.05, 0.1) is 5.02 Å². The number of halogens is 2. The molecular weight excluding hydrogens is 259 g/mol. The van der Waals surface area contributed by atoms with E-state index in [2.05, 4.69) is 5.43 Å². The molecule has 5 heteroatoms. The van der Waals surface area contributed by atoms with E-state index in [1.165, 1.54) is 18.2 Å². The van der Waals surface area contributed by atoms with Crippen LogP contribution in [0.4, 0.5) is 4.39 Å². The van der Waals surface area contributed by atoms with Crippen LogP contribution in [0.1, 0.15) is 18.4 Å². The molecule has 1 aliphatic heterocycles. The number of hydrazine groups is 1. The second-order valence-corrected chi connectivity index (χ2v) is 5.97. The van der Waals surface area contributed by atoms with Gasteiger partial charge in [-0.2, -0.15) is 11.8 Å². The van der Waals surface area contributed by atoms with Crippen molar-refractivity contribution in [1.29, 1.82) is 0 Å². The van der Waals surface area contributed by atoms with Crippen molar-refractivity contribution < 1.29 is 4.39 Å². The van der Waals surface area contributed by atoms with Crippen LogP contribution < -0.4 is 11.3 Å². The van der Waals surface area contributed by atoms with Crippen molar-refractivity contribution >= 4 is 23.4 Å². The molecule has 2 atom stereocenters. The van der Waals surface area contributed by atoms with Crippen molar-refractivity contribution in [2.45, 2.75) is 30.6 Å². The van der Waals surface area contributed by atoms with Gasteiger partial charge in [-0.3, -0.25) is 11.3 Å². The quantitative estimate of drug-likeness (QED) is 0.655. The summed E-state index contributed by atoms with van der Waals surface area (Å²) in [5.41, 5.74) is 3.66. The molecular formula is C12H16ClFN2S. The van der Waals surface area contributed by atoms with Crippen LogP contribution in [-0.4, -0.2) is 17.0 Å². The van der Waals surface area contributed by atoms with Crippen molar-refractivity contribution in [3.63, 3.8) is 0 Å². The zero-order valence-electron chi connectivity index (χ0n) is 9.46. The van der Waals surface area contributed by atoms with Gasteiger partial charge in [0.25, 0.3) is 0 Å². The molecule has 0 bridgehead atoms. The Kier molecular flexibility index (Phi) is 4.68. The molecule has 17 heavy (non-hydrogen) atoms. The monoisotopic (exact) mass is 274 g/mol. The summed E-state index contributed by atoms with van der Waals surface area (Å²) in [6, 6.07) is 5.07. The molecule has 0 amide bonds. The molecule has 0 radical (unpaired) electrons. The molecule has 1 aromatic carbocycles. The minimum Gasteiger partial charge on any atom is -0.271 e. The van der Waals surface area contributed by atoms with E-state index in [9.17, 15) is 4.39 Å². The molecule has 0 aliphatic carbocycles. The number of thioether (sulfide) groups is 1. The molecule has 1 saturated heterocycles. The molecule has 0 saturated carbocycles. The molecule has 1 heterocycles. The molecule has 2 rings (SSSR count). The van der Waals surface area contributed by atoms with E-state index in [1.54, 1.807) is 6.07 Å². The fourth-order valence-electron chi connectivity index (χ4n) is 2.16. The predicted molar refractivity (Wildman–Crippen MR) is 71.7 cm³/mol. The summed E-state index contributed by atoms with van der Waals surface area (Å²) in [6.07, 6.45) is 3.06. The van der Waals surface area contributed by atoms with Crippen LogP contribution in [-0.2, 0) is 6.42 Å². The van der Waals surface area contributed by atoms with Crippen LogP contribution in [0.25, 0.3) is 0 Å². The SMILES string of the molecule is NNC(Cc1cccc(F)c1Cl)C1CCCS1. The highest BCUT2D eigenvalue weighted by Gasteiger charge is 2.25. The van der Waals surface area contributed by atoms with E-state index in [1.807, 2.05) is 17.8 Å². The van der Waals surface area contributed by atoms with E-state index in [0.717, 1.165) is 12.0 Å². The minimum atomic E-state index is -0.362. The summed E-state index contributed by atoms with van der Waals surface area (Å²) >= 11 is 7.88. The van der Waals surface area contributed by atoms with Crippen molar-refractivity contribution in [3.8, 4) is 0 Å². The second-order valence-electron chi connectivity index (χ2n) is 4.24. The zero-order valence-corrected chi connectivity index (χ0v) is 11.0. The largest absolute Gasteiger partial charge is 0.271 e. The Morgan fingerprint density at radius 3 is 3.06 bits per heavy atom. The molecule has 0 aromatic heterocycles. The van der Waals surface area contributed by atoms with Gasteiger partial charge in [-0.15, -0.1) is 0 Å². The molecule has 1 aromatic rings. The maximum absolute atomic E-state index is 13.3. The molecule has 0 spiro atoms. The van der Waals surface area contributed by atoms with Crippen LogP contribution in [0, 0.1) is 5.82 Å². The fourth-order valence-corrected chi connectivity index (χ4v) is 3.74.